The highest BCUT2D eigenvalue weighted by molar-refractivity contribution is 8.06. The number of hydrogen-bond acceptors (Lipinski definition) is 4. The van der Waals surface area contributed by atoms with E-state index in [9.17, 15) is 0 Å². The van der Waals surface area contributed by atoms with Gasteiger partial charge in [-0.25, -0.2) is 9.97 Å². The Morgan fingerprint density at radius 3 is 2.33 bits per heavy atom. The Morgan fingerprint density at radius 1 is 1.17 bits per heavy atom. The Balaban J connectivity index is 2.29. The molecule has 1 aromatic heterocycles. The lowest BCUT2D eigenvalue weighted by Gasteiger charge is -2.26. The summed E-state index contributed by atoms with van der Waals surface area (Å²) in [4.78, 5) is 8.92. The fourth-order valence-corrected chi connectivity index (χ4v) is 5.22. The molecule has 0 spiro atoms. The van der Waals surface area contributed by atoms with Crippen molar-refractivity contribution in [3.05, 3.63) is 21.7 Å². The van der Waals surface area contributed by atoms with Gasteiger partial charge in [0.25, 0.3) is 0 Å². The molecule has 1 aliphatic heterocycles. The quantitative estimate of drug-likeness (QED) is 0.757. The number of halogens is 2. The van der Waals surface area contributed by atoms with E-state index in [1.54, 1.807) is 0 Å². The van der Waals surface area contributed by atoms with Crippen LogP contribution >= 0.6 is 46.7 Å². The summed E-state index contributed by atoms with van der Waals surface area (Å²) in [7, 11) is 0. The Bertz CT molecular complexity index is 406. The van der Waals surface area contributed by atoms with Crippen LogP contribution in [0.2, 0.25) is 10.3 Å². The lowest BCUT2D eigenvalue weighted by molar-refractivity contribution is 0.807. The second-order valence-electron chi connectivity index (χ2n) is 4.26. The van der Waals surface area contributed by atoms with E-state index in [0.29, 0.717) is 20.8 Å². The summed E-state index contributed by atoms with van der Waals surface area (Å²) >= 11 is 16.3. The van der Waals surface area contributed by atoms with Gasteiger partial charge in [-0.1, -0.05) is 43.5 Å². The van der Waals surface area contributed by atoms with Crippen LogP contribution in [0.3, 0.4) is 0 Å². The lowest BCUT2D eigenvalue weighted by Crippen LogP contribution is -2.18. The molecular weight excluding hydrogens is 307 g/mol. The molecule has 0 aromatic carbocycles. The second-order valence-corrected chi connectivity index (χ2v) is 7.71. The molecule has 0 saturated carbocycles. The van der Waals surface area contributed by atoms with Crippen LogP contribution < -0.4 is 0 Å². The van der Waals surface area contributed by atoms with Crippen LogP contribution in [-0.2, 0) is 6.42 Å². The molecule has 1 aliphatic rings. The first-order chi connectivity index (χ1) is 8.63. The summed E-state index contributed by atoms with van der Waals surface area (Å²) in [6.45, 7) is 4.31. The van der Waals surface area contributed by atoms with Crippen LogP contribution in [0.15, 0.2) is 0 Å². The first kappa shape index (κ1) is 14.8. The molecule has 2 heterocycles. The number of thioether (sulfide) groups is 2. The van der Waals surface area contributed by atoms with Crippen LogP contribution in [-0.4, -0.2) is 26.7 Å². The maximum absolute atomic E-state index is 6.23. The molecule has 6 heteroatoms. The Hall–Kier alpha value is 0.360. The van der Waals surface area contributed by atoms with Crippen molar-refractivity contribution in [1.29, 1.82) is 0 Å². The summed E-state index contributed by atoms with van der Waals surface area (Å²) < 4.78 is 0. The lowest BCUT2D eigenvalue weighted by atomic mass is 10.2. The Kier molecular flexibility index (Phi) is 5.48. The van der Waals surface area contributed by atoms with Gasteiger partial charge in [-0.15, -0.1) is 11.8 Å². The molecule has 1 fully saturated rings. The van der Waals surface area contributed by atoms with Gasteiger partial charge in [0.2, 0.25) is 0 Å². The average Bonchev–Trinajstić information content (AvgIpc) is 2.34. The highest BCUT2D eigenvalue weighted by Crippen LogP contribution is 2.42. The van der Waals surface area contributed by atoms with Crippen molar-refractivity contribution in [3.63, 3.8) is 0 Å². The summed E-state index contributed by atoms with van der Waals surface area (Å²) in [5.41, 5.74) is 0.880. The van der Waals surface area contributed by atoms with Crippen LogP contribution in [0.25, 0.3) is 0 Å². The van der Waals surface area contributed by atoms with Crippen molar-refractivity contribution in [1.82, 2.24) is 9.97 Å². The molecule has 0 bridgehead atoms. The molecule has 100 valence electrons. The normalized spacial score (nSPS) is 24.2. The summed E-state index contributed by atoms with van der Waals surface area (Å²) in [5, 5.41) is 1.85. The SMILES string of the molecule is CCCc1c(Cl)nc(C2SCCSC2C)nc1Cl. The van der Waals surface area contributed by atoms with Gasteiger partial charge in [-0.05, 0) is 6.42 Å². The van der Waals surface area contributed by atoms with E-state index in [2.05, 4.69) is 23.8 Å². The van der Waals surface area contributed by atoms with E-state index >= 15 is 0 Å². The maximum atomic E-state index is 6.23. The number of rotatable bonds is 3. The zero-order valence-electron chi connectivity index (χ0n) is 10.4. The molecule has 0 N–H and O–H groups in total. The topological polar surface area (TPSA) is 25.8 Å². The third kappa shape index (κ3) is 3.27. The molecule has 2 rings (SSSR count). The second kappa shape index (κ2) is 6.69. The third-order valence-corrected chi connectivity index (χ3v) is 6.58. The van der Waals surface area contributed by atoms with Gasteiger partial charge in [0.1, 0.15) is 16.1 Å². The Labute approximate surface area is 127 Å². The average molecular weight is 323 g/mol. The minimum absolute atomic E-state index is 0.300. The largest absolute Gasteiger partial charge is 0.220 e. The van der Waals surface area contributed by atoms with E-state index in [1.807, 2.05) is 23.5 Å². The van der Waals surface area contributed by atoms with Crippen molar-refractivity contribution < 1.29 is 0 Å². The first-order valence-electron chi connectivity index (χ1n) is 6.08. The molecule has 0 amide bonds. The van der Waals surface area contributed by atoms with Gasteiger partial charge >= 0.3 is 0 Å². The van der Waals surface area contributed by atoms with Gasteiger partial charge in [0.05, 0.1) is 5.25 Å². The summed E-state index contributed by atoms with van der Waals surface area (Å²) in [6, 6.07) is 0. The zero-order chi connectivity index (χ0) is 13.1. The third-order valence-electron chi connectivity index (χ3n) is 2.87. The van der Waals surface area contributed by atoms with Gasteiger partial charge in [-0.3, -0.25) is 0 Å². The maximum Gasteiger partial charge on any atom is 0.145 e. The number of hydrogen-bond donors (Lipinski definition) is 0. The molecule has 2 atom stereocenters. The number of nitrogens with zero attached hydrogens (tertiary/aromatic N) is 2. The molecular formula is C12H16Cl2N2S2. The van der Waals surface area contributed by atoms with Gasteiger partial charge in [0, 0.05) is 22.3 Å². The monoisotopic (exact) mass is 322 g/mol. The molecule has 2 nitrogen and oxygen atoms in total. The van der Waals surface area contributed by atoms with Crippen molar-refractivity contribution >= 4 is 46.7 Å². The van der Waals surface area contributed by atoms with E-state index in [-0.39, 0.29) is 0 Å². The van der Waals surface area contributed by atoms with Crippen molar-refractivity contribution in [2.24, 2.45) is 0 Å². The minimum Gasteiger partial charge on any atom is -0.220 e. The highest BCUT2D eigenvalue weighted by Gasteiger charge is 2.27. The fourth-order valence-electron chi connectivity index (χ4n) is 1.95. The summed E-state index contributed by atoms with van der Waals surface area (Å²) in [6.07, 6.45) is 1.83. The molecule has 2 unspecified atom stereocenters. The molecule has 1 saturated heterocycles. The van der Waals surface area contributed by atoms with E-state index < -0.39 is 0 Å². The van der Waals surface area contributed by atoms with Crippen LogP contribution in [0.1, 0.15) is 36.9 Å². The molecule has 0 aliphatic carbocycles. The van der Waals surface area contributed by atoms with Crippen molar-refractivity contribution in [2.75, 3.05) is 11.5 Å². The minimum atomic E-state index is 0.300. The standard InChI is InChI=1S/C12H16Cl2N2S2/c1-3-4-8-10(13)15-12(16-11(8)14)9-7(2)17-5-6-18-9/h7,9H,3-6H2,1-2H3. The van der Waals surface area contributed by atoms with Crippen LogP contribution in [0.5, 0.6) is 0 Å². The molecule has 1 aromatic rings. The van der Waals surface area contributed by atoms with Gasteiger partial charge in [-0.2, -0.15) is 11.8 Å². The first-order valence-corrected chi connectivity index (χ1v) is 8.93. The van der Waals surface area contributed by atoms with E-state index in [1.165, 1.54) is 5.75 Å². The highest BCUT2D eigenvalue weighted by atomic mass is 35.5. The van der Waals surface area contributed by atoms with E-state index in [0.717, 1.165) is 30.0 Å². The molecule has 0 radical (unpaired) electrons. The van der Waals surface area contributed by atoms with Crippen LogP contribution in [0, 0.1) is 0 Å². The van der Waals surface area contributed by atoms with Crippen LogP contribution in [0.4, 0.5) is 0 Å². The van der Waals surface area contributed by atoms with Gasteiger partial charge < -0.3 is 0 Å². The van der Waals surface area contributed by atoms with E-state index in [4.69, 9.17) is 23.2 Å². The van der Waals surface area contributed by atoms with Crippen molar-refractivity contribution in [2.45, 2.75) is 37.2 Å². The zero-order valence-corrected chi connectivity index (χ0v) is 13.6. The fraction of sp³-hybridized carbons (Fsp3) is 0.667. The Morgan fingerprint density at radius 2 is 1.78 bits per heavy atom. The van der Waals surface area contributed by atoms with Crippen molar-refractivity contribution in [3.8, 4) is 0 Å². The predicted molar refractivity (Wildman–Crippen MR) is 83.2 cm³/mol. The number of aromatic nitrogens is 2. The predicted octanol–water partition coefficient (Wildman–Crippen LogP) is 4.65. The van der Waals surface area contributed by atoms with Gasteiger partial charge in [0.15, 0.2) is 0 Å². The smallest absolute Gasteiger partial charge is 0.145 e. The molecule has 18 heavy (non-hydrogen) atoms. The summed E-state index contributed by atoms with van der Waals surface area (Å²) in [5.74, 6) is 3.11.